The molecule has 2 fully saturated rings. The van der Waals surface area contributed by atoms with Gasteiger partial charge in [0, 0.05) is 26.2 Å². The normalized spacial score (nSPS) is 20.2. The molecule has 0 spiro atoms. The van der Waals surface area contributed by atoms with E-state index in [2.05, 4.69) is 25.8 Å². The molecule has 0 atom stereocenters. The van der Waals surface area contributed by atoms with Gasteiger partial charge in [-0.05, 0) is 32.7 Å². The summed E-state index contributed by atoms with van der Waals surface area (Å²) in [6, 6.07) is 0. The number of carbonyl (C=O) groups is 1. The second-order valence-electron chi connectivity index (χ2n) is 6.08. The highest BCUT2D eigenvalue weighted by molar-refractivity contribution is 5.77. The summed E-state index contributed by atoms with van der Waals surface area (Å²) in [6.07, 6.45) is 5.97. The Morgan fingerprint density at radius 3 is 1.78 bits per heavy atom. The number of carbonyl (C=O) groups excluding carboxylic acids is 1. The first-order valence-corrected chi connectivity index (χ1v) is 9.33. The minimum Gasteiger partial charge on any atom is -0.387 e. The smallest absolute Gasteiger partial charge is 0.248 e. The molecule has 1 amide bonds. The lowest BCUT2D eigenvalue weighted by molar-refractivity contribution is -0.138. The Balaban J connectivity index is 0.000000868. The first-order chi connectivity index (χ1) is 11.1. The van der Waals surface area contributed by atoms with E-state index >= 15 is 0 Å². The predicted molar refractivity (Wildman–Crippen MR) is 95.6 cm³/mol. The van der Waals surface area contributed by atoms with E-state index in [-0.39, 0.29) is 12.5 Å². The molecule has 0 aliphatic carbocycles. The second kappa shape index (κ2) is 13.8. The molecule has 0 aromatic carbocycles. The van der Waals surface area contributed by atoms with E-state index in [1.807, 2.05) is 13.8 Å². The Bertz CT molecular complexity index is 284. The molecule has 0 aromatic heterocycles. The molecule has 0 radical (unpaired) electrons. The lowest BCUT2D eigenvalue weighted by atomic mass is 10.0. The number of amides is 1. The molecular weight excluding hydrogens is 292 g/mol. The Labute approximate surface area is 143 Å². The van der Waals surface area contributed by atoms with Gasteiger partial charge in [-0.2, -0.15) is 0 Å². The SMILES string of the molecule is CC.CCC.CN1CCC(OC2CCN(C(=O)CO)CC2)CC1. The van der Waals surface area contributed by atoms with Crippen LogP contribution in [0.3, 0.4) is 0 Å². The summed E-state index contributed by atoms with van der Waals surface area (Å²) in [7, 11) is 2.15. The summed E-state index contributed by atoms with van der Waals surface area (Å²) in [6.45, 7) is 11.5. The van der Waals surface area contributed by atoms with Gasteiger partial charge < -0.3 is 19.6 Å². The van der Waals surface area contributed by atoms with E-state index in [9.17, 15) is 4.79 Å². The topological polar surface area (TPSA) is 53.0 Å². The van der Waals surface area contributed by atoms with Crippen LogP contribution in [0.4, 0.5) is 0 Å². The fourth-order valence-electron chi connectivity index (χ4n) is 2.73. The summed E-state index contributed by atoms with van der Waals surface area (Å²) in [5.74, 6) is -0.159. The minimum atomic E-state index is -0.375. The van der Waals surface area contributed by atoms with Crippen molar-refractivity contribution in [1.82, 2.24) is 9.80 Å². The summed E-state index contributed by atoms with van der Waals surface area (Å²) in [5, 5.41) is 8.81. The monoisotopic (exact) mass is 330 g/mol. The Morgan fingerprint density at radius 1 is 1.00 bits per heavy atom. The van der Waals surface area contributed by atoms with E-state index in [0.29, 0.717) is 12.2 Å². The Morgan fingerprint density at radius 2 is 1.39 bits per heavy atom. The van der Waals surface area contributed by atoms with Crippen LogP contribution in [0.5, 0.6) is 0 Å². The van der Waals surface area contributed by atoms with Crippen LogP contribution in [0.2, 0.25) is 0 Å². The van der Waals surface area contributed by atoms with Gasteiger partial charge in [-0.3, -0.25) is 4.79 Å². The molecule has 2 heterocycles. The van der Waals surface area contributed by atoms with Crippen LogP contribution in [0, 0.1) is 0 Å². The number of piperidine rings is 2. The second-order valence-corrected chi connectivity index (χ2v) is 6.08. The highest BCUT2D eigenvalue weighted by atomic mass is 16.5. The van der Waals surface area contributed by atoms with Crippen LogP contribution in [0.15, 0.2) is 0 Å². The van der Waals surface area contributed by atoms with Crippen LogP contribution >= 0.6 is 0 Å². The van der Waals surface area contributed by atoms with Crippen LogP contribution in [-0.4, -0.2) is 72.9 Å². The zero-order chi connectivity index (χ0) is 17.7. The lowest BCUT2D eigenvalue weighted by Gasteiger charge is -2.36. The van der Waals surface area contributed by atoms with Gasteiger partial charge in [-0.1, -0.05) is 34.1 Å². The van der Waals surface area contributed by atoms with Crippen LogP contribution in [0.1, 0.15) is 59.8 Å². The molecule has 0 bridgehead atoms. The largest absolute Gasteiger partial charge is 0.387 e. The number of hydrogen-bond acceptors (Lipinski definition) is 4. The van der Waals surface area contributed by atoms with E-state index in [1.54, 1.807) is 4.90 Å². The standard InChI is InChI=1S/C13H24N2O3.C3H8.C2H6/c1-14-6-2-11(3-7-14)18-12-4-8-15(9-5-12)13(17)10-16;1-3-2;1-2/h11-12,16H,2-10H2,1H3;3H2,1-2H3;1-2H3. The van der Waals surface area contributed by atoms with E-state index in [1.165, 1.54) is 6.42 Å². The van der Waals surface area contributed by atoms with Crippen molar-refractivity contribution in [1.29, 1.82) is 0 Å². The molecular formula is C18H38N2O3. The molecule has 138 valence electrons. The van der Waals surface area contributed by atoms with Gasteiger partial charge in [0.2, 0.25) is 5.91 Å². The van der Waals surface area contributed by atoms with Crippen molar-refractivity contribution in [3.05, 3.63) is 0 Å². The fraction of sp³-hybridized carbons (Fsp3) is 0.944. The van der Waals surface area contributed by atoms with Gasteiger partial charge >= 0.3 is 0 Å². The van der Waals surface area contributed by atoms with Crippen molar-refractivity contribution in [2.75, 3.05) is 39.8 Å². The third-order valence-corrected chi connectivity index (χ3v) is 3.98. The number of hydrogen-bond donors (Lipinski definition) is 1. The highest BCUT2D eigenvalue weighted by Gasteiger charge is 2.26. The molecule has 0 saturated carbocycles. The van der Waals surface area contributed by atoms with Crippen molar-refractivity contribution >= 4 is 5.91 Å². The molecule has 2 saturated heterocycles. The first-order valence-electron chi connectivity index (χ1n) is 9.33. The Kier molecular flexibility index (Phi) is 13.4. The first kappa shape index (κ1) is 22.4. The molecule has 2 rings (SSSR count). The van der Waals surface area contributed by atoms with Crippen LogP contribution < -0.4 is 0 Å². The van der Waals surface area contributed by atoms with Crippen molar-refractivity contribution in [3.63, 3.8) is 0 Å². The highest BCUT2D eigenvalue weighted by Crippen LogP contribution is 2.20. The number of rotatable bonds is 3. The van der Waals surface area contributed by atoms with Crippen LogP contribution in [-0.2, 0) is 9.53 Å². The number of likely N-dealkylation sites (tertiary alicyclic amines) is 2. The third kappa shape index (κ3) is 9.28. The number of ether oxygens (including phenoxy) is 1. The fourth-order valence-corrected chi connectivity index (χ4v) is 2.73. The minimum absolute atomic E-state index is 0.159. The summed E-state index contributed by atoms with van der Waals surface area (Å²) in [4.78, 5) is 15.4. The third-order valence-electron chi connectivity index (χ3n) is 3.98. The molecule has 5 nitrogen and oxygen atoms in total. The average Bonchev–Trinajstić information content (AvgIpc) is 2.59. The maximum absolute atomic E-state index is 11.3. The number of aliphatic hydroxyl groups excluding tert-OH is 1. The van der Waals surface area contributed by atoms with Crippen molar-refractivity contribution in [3.8, 4) is 0 Å². The maximum Gasteiger partial charge on any atom is 0.248 e. The molecule has 0 unspecified atom stereocenters. The average molecular weight is 331 g/mol. The van der Waals surface area contributed by atoms with Crippen molar-refractivity contribution in [2.24, 2.45) is 0 Å². The molecule has 0 aromatic rings. The lowest BCUT2D eigenvalue weighted by Crippen LogP contribution is -2.44. The number of nitrogens with zero attached hydrogens (tertiary/aromatic N) is 2. The molecule has 2 aliphatic heterocycles. The molecule has 2 aliphatic rings. The van der Waals surface area contributed by atoms with Crippen LogP contribution in [0.25, 0.3) is 0 Å². The molecule has 1 N–H and O–H groups in total. The summed E-state index contributed by atoms with van der Waals surface area (Å²) < 4.78 is 6.12. The van der Waals surface area contributed by atoms with E-state index in [0.717, 1.165) is 51.9 Å². The van der Waals surface area contributed by atoms with E-state index < -0.39 is 0 Å². The van der Waals surface area contributed by atoms with Gasteiger partial charge in [0.1, 0.15) is 6.61 Å². The molecule has 23 heavy (non-hydrogen) atoms. The van der Waals surface area contributed by atoms with Gasteiger partial charge in [0.05, 0.1) is 12.2 Å². The Hall–Kier alpha value is -0.650. The quantitative estimate of drug-likeness (QED) is 0.864. The molecule has 5 heteroatoms. The van der Waals surface area contributed by atoms with Gasteiger partial charge in [0.15, 0.2) is 0 Å². The van der Waals surface area contributed by atoms with Crippen molar-refractivity contribution in [2.45, 2.75) is 72.0 Å². The van der Waals surface area contributed by atoms with Crippen molar-refractivity contribution < 1.29 is 14.6 Å². The summed E-state index contributed by atoms with van der Waals surface area (Å²) in [5.41, 5.74) is 0. The number of aliphatic hydroxyl groups is 1. The van der Waals surface area contributed by atoms with Gasteiger partial charge in [0.25, 0.3) is 0 Å². The summed E-state index contributed by atoms with van der Waals surface area (Å²) >= 11 is 0. The van der Waals surface area contributed by atoms with Gasteiger partial charge in [-0.15, -0.1) is 0 Å². The maximum atomic E-state index is 11.3. The van der Waals surface area contributed by atoms with Gasteiger partial charge in [-0.25, -0.2) is 0 Å². The van der Waals surface area contributed by atoms with E-state index in [4.69, 9.17) is 9.84 Å². The zero-order valence-corrected chi connectivity index (χ0v) is 15.9. The predicted octanol–water partition coefficient (Wildman–Crippen LogP) is 2.52. The zero-order valence-electron chi connectivity index (χ0n) is 15.9.